The van der Waals surface area contributed by atoms with Crippen molar-refractivity contribution >= 4 is 11.6 Å². The first kappa shape index (κ1) is 11.0. The molecule has 0 aliphatic carbocycles. The summed E-state index contributed by atoms with van der Waals surface area (Å²) in [6.45, 7) is 0. The van der Waals surface area contributed by atoms with Gasteiger partial charge in [0.05, 0.1) is 7.11 Å². The van der Waals surface area contributed by atoms with Crippen molar-refractivity contribution in [2.45, 2.75) is 6.10 Å². The van der Waals surface area contributed by atoms with E-state index in [1.807, 2.05) is 12.1 Å². The van der Waals surface area contributed by atoms with E-state index in [1.165, 1.54) is 0 Å². The summed E-state index contributed by atoms with van der Waals surface area (Å²) >= 11 is 5.90. The van der Waals surface area contributed by atoms with Gasteiger partial charge in [0.1, 0.15) is 11.9 Å². The van der Waals surface area contributed by atoms with Crippen molar-refractivity contribution in [3.63, 3.8) is 0 Å². The monoisotopic (exact) mass is 237 g/mol. The Morgan fingerprint density at radius 1 is 1.38 bits per heavy atom. The number of ether oxygens (including phenoxy) is 1. The Balaban J connectivity index is 2.42. The number of nitrogens with one attached hydrogen (secondary N) is 1. The molecule has 1 unspecified atom stereocenters. The summed E-state index contributed by atoms with van der Waals surface area (Å²) in [7, 11) is 1.56. The summed E-state index contributed by atoms with van der Waals surface area (Å²) in [6.07, 6.45) is 0.999. The van der Waals surface area contributed by atoms with Crippen LogP contribution in [0.25, 0.3) is 0 Å². The van der Waals surface area contributed by atoms with Crippen molar-refractivity contribution in [2.24, 2.45) is 0 Å². The van der Waals surface area contributed by atoms with Crippen LogP contribution in [-0.2, 0) is 0 Å². The average Bonchev–Trinajstić information content (AvgIpc) is 2.81. The van der Waals surface area contributed by atoms with Crippen LogP contribution < -0.4 is 4.74 Å². The molecule has 2 rings (SSSR count). The van der Waals surface area contributed by atoms with E-state index in [4.69, 9.17) is 16.3 Å². The standard InChI is InChI=1S/C12H12ClNO2/c1-16-11-5-4-8(13)7-9(11)12(15)10-3-2-6-14-10/h2-7,12,14-15H,1H3. The summed E-state index contributed by atoms with van der Waals surface area (Å²) in [4.78, 5) is 2.96. The number of H-pyrrole nitrogens is 1. The van der Waals surface area contributed by atoms with Gasteiger partial charge in [0.2, 0.25) is 0 Å². The number of halogens is 1. The number of benzene rings is 1. The largest absolute Gasteiger partial charge is 0.496 e. The number of hydrogen-bond donors (Lipinski definition) is 2. The van der Waals surface area contributed by atoms with Gasteiger partial charge in [-0.15, -0.1) is 0 Å². The second-order valence-corrected chi connectivity index (χ2v) is 3.85. The van der Waals surface area contributed by atoms with Crippen LogP contribution in [-0.4, -0.2) is 17.2 Å². The third-order valence-electron chi connectivity index (χ3n) is 2.40. The van der Waals surface area contributed by atoms with Crippen LogP contribution in [0.15, 0.2) is 36.5 Å². The summed E-state index contributed by atoms with van der Waals surface area (Å²) in [5.41, 5.74) is 1.36. The predicted octanol–water partition coefficient (Wildman–Crippen LogP) is 2.76. The SMILES string of the molecule is COc1ccc(Cl)cc1C(O)c1ccc[nH]1. The molecule has 4 heteroatoms. The van der Waals surface area contributed by atoms with Crippen LogP contribution in [0.2, 0.25) is 5.02 Å². The van der Waals surface area contributed by atoms with Gasteiger partial charge in [0.25, 0.3) is 0 Å². The number of aromatic nitrogens is 1. The second-order valence-electron chi connectivity index (χ2n) is 3.41. The number of aliphatic hydroxyl groups excluding tert-OH is 1. The van der Waals surface area contributed by atoms with Crippen molar-refractivity contribution in [1.29, 1.82) is 0 Å². The molecular weight excluding hydrogens is 226 g/mol. The Morgan fingerprint density at radius 3 is 2.81 bits per heavy atom. The number of aliphatic hydroxyl groups is 1. The normalized spacial score (nSPS) is 12.4. The molecule has 1 aromatic carbocycles. The van der Waals surface area contributed by atoms with Gasteiger partial charge in [-0.1, -0.05) is 11.6 Å². The molecule has 16 heavy (non-hydrogen) atoms. The van der Waals surface area contributed by atoms with Crippen LogP contribution in [0.4, 0.5) is 0 Å². The molecular formula is C12H12ClNO2. The molecule has 84 valence electrons. The fourth-order valence-corrected chi connectivity index (χ4v) is 1.78. The molecule has 2 aromatic rings. The van der Waals surface area contributed by atoms with E-state index >= 15 is 0 Å². The molecule has 0 bridgehead atoms. The van der Waals surface area contributed by atoms with Gasteiger partial charge in [-0.3, -0.25) is 0 Å². The molecule has 0 saturated carbocycles. The smallest absolute Gasteiger partial charge is 0.125 e. The number of hydrogen-bond acceptors (Lipinski definition) is 2. The first-order valence-electron chi connectivity index (χ1n) is 4.87. The van der Waals surface area contributed by atoms with Crippen LogP contribution in [0.5, 0.6) is 5.75 Å². The zero-order chi connectivity index (χ0) is 11.5. The Bertz CT molecular complexity index is 468. The van der Waals surface area contributed by atoms with Crippen molar-refractivity contribution in [3.05, 3.63) is 52.8 Å². The number of methoxy groups -OCH3 is 1. The Hall–Kier alpha value is -1.45. The van der Waals surface area contributed by atoms with Gasteiger partial charge in [-0.05, 0) is 30.3 Å². The first-order chi connectivity index (χ1) is 7.72. The maximum absolute atomic E-state index is 10.1. The minimum Gasteiger partial charge on any atom is -0.496 e. The summed E-state index contributed by atoms with van der Waals surface area (Å²) in [5, 5.41) is 10.7. The van der Waals surface area contributed by atoms with Gasteiger partial charge < -0.3 is 14.8 Å². The first-order valence-corrected chi connectivity index (χ1v) is 5.25. The fourth-order valence-electron chi connectivity index (χ4n) is 1.60. The molecule has 0 aliphatic rings. The van der Waals surface area contributed by atoms with E-state index in [-0.39, 0.29) is 0 Å². The molecule has 0 radical (unpaired) electrons. The van der Waals surface area contributed by atoms with E-state index in [2.05, 4.69) is 4.98 Å². The van der Waals surface area contributed by atoms with Crippen LogP contribution >= 0.6 is 11.6 Å². The minimum absolute atomic E-state index is 0.571. The molecule has 0 amide bonds. The summed E-state index contributed by atoms with van der Waals surface area (Å²) < 4.78 is 5.19. The number of aromatic amines is 1. The third-order valence-corrected chi connectivity index (χ3v) is 2.64. The topological polar surface area (TPSA) is 45.2 Å². The fraction of sp³-hybridized carbons (Fsp3) is 0.167. The van der Waals surface area contributed by atoms with Crippen molar-refractivity contribution < 1.29 is 9.84 Å². The average molecular weight is 238 g/mol. The lowest BCUT2D eigenvalue weighted by atomic mass is 10.1. The molecule has 3 nitrogen and oxygen atoms in total. The van der Waals surface area contributed by atoms with Crippen molar-refractivity contribution in [2.75, 3.05) is 7.11 Å². The molecule has 0 aliphatic heterocycles. The summed E-state index contributed by atoms with van der Waals surface area (Å²) in [6, 6.07) is 8.81. The Kier molecular flexibility index (Phi) is 3.17. The van der Waals surface area contributed by atoms with E-state index in [1.54, 1.807) is 31.5 Å². The van der Waals surface area contributed by atoms with Gasteiger partial charge in [-0.25, -0.2) is 0 Å². The highest BCUT2D eigenvalue weighted by Gasteiger charge is 2.16. The van der Waals surface area contributed by atoms with E-state index < -0.39 is 6.10 Å². The zero-order valence-electron chi connectivity index (χ0n) is 8.77. The lowest BCUT2D eigenvalue weighted by molar-refractivity contribution is 0.210. The Morgan fingerprint density at radius 2 is 2.19 bits per heavy atom. The molecule has 0 fully saturated rings. The van der Waals surface area contributed by atoms with Crippen LogP contribution in [0.1, 0.15) is 17.4 Å². The highest BCUT2D eigenvalue weighted by molar-refractivity contribution is 6.30. The van der Waals surface area contributed by atoms with Crippen LogP contribution in [0, 0.1) is 0 Å². The molecule has 1 atom stereocenters. The van der Waals surface area contributed by atoms with E-state index in [9.17, 15) is 5.11 Å². The van der Waals surface area contributed by atoms with E-state index in [0.717, 1.165) is 0 Å². The summed E-state index contributed by atoms with van der Waals surface area (Å²) in [5.74, 6) is 0.617. The zero-order valence-corrected chi connectivity index (χ0v) is 9.53. The maximum Gasteiger partial charge on any atom is 0.125 e. The predicted molar refractivity (Wildman–Crippen MR) is 62.9 cm³/mol. The highest BCUT2D eigenvalue weighted by atomic mass is 35.5. The number of rotatable bonds is 3. The van der Waals surface area contributed by atoms with Gasteiger partial charge in [-0.2, -0.15) is 0 Å². The minimum atomic E-state index is -0.761. The molecule has 1 aromatic heterocycles. The van der Waals surface area contributed by atoms with Gasteiger partial charge in [0.15, 0.2) is 0 Å². The molecule has 1 heterocycles. The van der Waals surface area contributed by atoms with Crippen molar-refractivity contribution in [1.82, 2.24) is 4.98 Å². The van der Waals surface area contributed by atoms with E-state index in [0.29, 0.717) is 22.0 Å². The lowest BCUT2D eigenvalue weighted by Crippen LogP contribution is -2.02. The van der Waals surface area contributed by atoms with Gasteiger partial charge in [0, 0.05) is 22.5 Å². The maximum atomic E-state index is 10.1. The Labute approximate surface area is 98.6 Å². The second kappa shape index (κ2) is 4.60. The molecule has 2 N–H and O–H groups in total. The lowest BCUT2D eigenvalue weighted by Gasteiger charge is -2.14. The molecule has 0 saturated heterocycles. The van der Waals surface area contributed by atoms with Gasteiger partial charge >= 0.3 is 0 Å². The quantitative estimate of drug-likeness (QED) is 0.862. The molecule has 0 spiro atoms. The van der Waals surface area contributed by atoms with Crippen molar-refractivity contribution in [3.8, 4) is 5.75 Å². The van der Waals surface area contributed by atoms with Crippen LogP contribution in [0.3, 0.4) is 0 Å². The third kappa shape index (κ3) is 2.05. The highest BCUT2D eigenvalue weighted by Crippen LogP contribution is 2.31.